The van der Waals surface area contributed by atoms with Gasteiger partial charge >= 0.3 is 12.2 Å². The third kappa shape index (κ3) is 14.7. The number of alkyl carbamates (subject to hydrolysis) is 2. The van der Waals surface area contributed by atoms with Crippen LogP contribution in [-0.4, -0.2) is 169 Å². The van der Waals surface area contributed by atoms with E-state index in [1.165, 1.54) is 14.2 Å². The van der Waals surface area contributed by atoms with Gasteiger partial charge in [0.25, 0.3) is 11.8 Å². The maximum absolute atomic E-state index is 14.4. The van der Waals surface area contributed by atoms with Crippen molar-refractivity contribution in [1.82, 2.24) is 49.3 Å². The van der Waals surface area contributed by atoms with Crippen molar-refractivity contribution in [2.45, 2.75) is 168 Å². The summed E-state index contributed by atoms with van der Waals surface area (Å²) in [4.78, 5) is 98.6. The van der Waals surface area contributed by atoms with Crippen LogP contribution >= 0.6 is 0 Å². The molecule has 6 amide bonds. The van der Waals surface area contributed by atoms with Gasteiger partial charge in [-0.15, -0.1) is 0 Å². The fourth-order valence-electron chi connectivity index (χ4n) is 10.4. The lowest BCUT2D eigenvalue weighted by Gasteiger charge is -2.46. The number of rotatable bonds is 20. The molecule has 6 rings (SSSR count). The molecule has 20 nitrogen and oxygen atoms in total. The summed E-state index contributed by atoms with van der Waals surface area (Å²) >= 11 is 0. The third-order valence-corrected chi connectivity index (χ3v) is 18.6. The first kappa shape index (κ1) is 57.5. The van der Waals surface area contributed by atoms with E-state index in [-0.39, 0.29) is 54.3 Å². The normalized spacial score (nSPS) is 20.2. The van der Waals surface area contributed by atoms with E-state index in [2.05, 4.69) is 49.9 Å². The van der Waals surface area contributed by atoms with Gasteiger partial charge in [-0.25, -0.2) is 19.6 Å². The molecule has 73 heavy (non-hydrogen) atoms. The summed E-state index contributed by atoms with van der Waals surface area (Å²) in [5, 5.41) is 5.44. The highest BCUT2D eigenvalue weighted by Gasteiger charge is 2.43. The number of nitrogens with zero attached hydrogens (tertiary/aromatic N) is 8. The van der Waals surface area contributed by atoms with Gasteiger partial charge in [0.15, 0.2) is 0 Å². The number of hydrogen-bond donors (Lipinski definition) is 2. The summed E-state index contributed by atoms with van der Waals surface area (Å²) in [5.41, 5.74) is 0.606. The van der Waals surface area contributed by atoms with Gasteiger partial charge in [-0.3, -0.25) is 19.2 Å². The SMILES string of the molecule is COC(=O)N[C@H](C(=O)N1CCC[C@H]1c1nc(C(=O)N2CCC3(CC2)CCN(C(=O)c2cn(COCC[Si](C)(C)C)c([C@@H]4CCCN4C(=O)[C@@H](NC(=O)OC)C(C)C)n2)CC3)cn1COCC[Si](C)(C)C)C(C)C. The molecular formula is C51H86N10O10Si2. The Kier molecular flexibility index (Phi) is 19.4. The fourth-order valence-corrected chi connectivity index (χ4v) is 11.9. The molecule has 6 heterocycles. The second kappa shape index (κ2) is 24.7. The average Bonchev–Trinajstić information content (AvgIpc) is 4.18. The fraction of sp³-hybridized carbons (Fsp3) is 0.765. The van der Waals surface area contributed by atoms with Gasteiger partial charge in [0, 0.05) is 81.0 Å². The Morgan fingerprint density at radius 1 is 0.603 bits per heavy atom. The van der Waals surface area contributed by atoms with Crippen molar-refractivity contribution < 1.29 is 47.7 Å². The Morgan fingerprint density at radius 3 is 1.27 bits per heavy atom. The predicted molar refractivity (Wildman–Crippen MR) is 281 cm³/mol. The highest BCUT2D eigenvalue weighted by atomic mass is 28.3. The average molecular weight is 1060 g/mol. The molecular weight excluding hydrogens is 969 g/mol. The van der Waals surface area contributed by atoms with Gasteiger partial charge in [-0.05, 0) is 80.7 Å². The van der Waals surface area contributed by atoms with Gasteiger partial charge in [0.05, 0.1) is 26.3 Å². The molecule has 0 aliphatic carbocycles. The van der Waals surface area contributed by atoms with Crippen LogP contribution in [0.25, 0.3) is 0 Å². The Labute approximate surface area is 434 Å². The van der Waals surface area contributed by atoms with Crippen LogP contribution in [0, 0.1) is 17.3 Å². The van der Waals surface area contributed by atoms with Crippen molar-refractivity contribution in [2.75, 3.05) is 66.7 Å². The quantitative estimate of drug-likeness (QED) is 0.102. The molecule has 0 saturated carbocycles. The molecule has 0 aromatic carbocycles. The topological polar surface area (TPSA) is 212 Å². The maximum atomic E-state index is 14.4. The van der Waals surface area contributed by atoms with E-state index in [4.69, 9.17) is 28.9 Å². The van der Waals surface area contributed by atoms with Crippen LogP contribution in [0.1, 0.15) is 124 Å². The molecule has 408 valence electrons. The van der Waals surface area contributed by atoms with E-state index < -0.39 is 52.5 Å². The minimum atomic E-state index is -1.37. The van der Waals surface area contributed by atoms with Crippen molar-refractivity contribution in [3.05, 3.63) is 35.4 Å². The number of imidazole rings is 2. The summed E-state index contributed by atoms with van der Waals surface area (Å²) < 4.78 is 25.9. The highest BCUT2D eigenvalue weighted by Crippen LogP contribution is 2.42. The first-order valence-corrected chi connectivity index (χ1v) is 34.0. The number of piperidine rings is 2. The summed E-state index contributed by atoms with van der Waals surface area (Å²) in [6, 6.07) is -0.410. The van der Waals surface area contributed by atoms with E-state index in [0.29, 0.717) is 88.4 Å². The van der Waals surface area contributed by atoms with E-state index >= 15 is 0 Å². The summed E-state index contributed by atoms with van der Waals surface area (Å²) in [7, 11) is -0.181. The zero-order valence-corrected chi connectivity index (χ0v) is 47.9. The second-order valence-corrected chi connectivity index (χ2v) is 35.0. The zero-order valence-electron chi connectivity index (χ0n) is 45.9. The number of carbonyl (C=O) groups excluding carboxylic acids is 6. The van der Waals surface area contributed by atoms with Gasteiger partial charge < -0.3 is 58.3 Å². The van der Waals surface area contributed by atoms with Crippen molar-refractivity contribution >= 4 is 52.0 Å². The molecule has 4 fully saturated rings. The van der Waals surface area contributed by atoms with E-state index in [9.17, 15) is 28.8 Å². The van der Waals surface area contributed by atoms with Gasteiger partial charge in [0.1, 0.15) is 48.6 Å². The monoisotopic (exact) mass is 1050 g/mol. The molecule has 4 aliphatic rings. The molecule has 2 N–H and O–H groups in total. The number of ether oxygens (including phenoxy) is 4. The van der Waals surface area contributed by atoms with Crippen molar-refractivity contribution in [1.29, 1.82) is 0 Å². The minimum absolute atomic E-state index is 0.0250. The number of hydrogen-bond acceptors (Lipinski definition) is 12. The maximum Gasteiger partial charge on any atom is 0.407 e. The van der Waals surface area contributed by atoms with Gasteiger partial charge in [-0.2, -0.15) is 0 Å². The smallest absolute Gasteiger partial charge is 0.407 e. The molecule has 0 unspecified atom stereocenters. The standard InChI is InChI=1S/C51H86N10O10Si2/c1-35(2)41(54-49(66)68-5)47(64)60-21-13-15-39(60)43-52-37(31-58(43)33-70-27-29-72(7,8)9)45(62)56-23-17-51(18-24-56)19-25-57(26-20-51)46(63)38-32-59(34-71-28-30-73(10,11)12)44(53-38)40-16-14-22-61(40)48(65)42(36(3)4)55-50(67)69-6/h31-32,35-36,39-42H,13-30,33-34H2,1-12H3,(H,54,66)(H,55,67)/t39-,40-,41-,42-/m0/s1. The van der Waals surface area contributed by atoms with Crippen LogP contribution < -0.4 is 10.6 Å². The Hall–Kier alpha value is -4.81. The lowest BCUT2D eigenvalue weighted by molar-refractivity contribution is -0.136. The molecule has 2 aromatic rings. The van der Waals surface area contributed by atoms with Gasteiger partial charge in [-0.1, -0.05) is 67.0 Å². The summed E-state index contributed by atoms with van der Waals surface area (Å²) in [5.74, 6) is 0.0723. The molecule has 2 aromatic heterocycles. The van der Waals surface area contributed by atoms with Crippen LogP contribution in [0.2, 0.25) is 51.4 Å². The molecule has 0 bridgehead atoms. The van der Waals surface area contributed by atoms with Crippen LogP contribution in [-0.2, 0) is 42.0 Å². The van der Waals surface area contributed by atoms with E-state index in [0.717, 1.165) is 50.6 Å². The first-order chi connectivity index (χ1) is 34.4. The lowest BCUT2D eigenvalue weighted by atomic mass is 9.71. The molecule has 4 aliphatic heterocycles. The molecule has 4 saturated heterocycles. The Bertz CT molecular complexity index is 2080. The number of carbonyl (C=O) groups is 6. The van der Waals surface area contributed by atoms with Crippen molar-refractivity contribution in [3.63, 3.8) is 0 Å². The molecule has 0 radical (unpaired) electrons. The predicted octanol–water partition coefficient (Wildman–Crippen LogP) is 6.95. The van der Waals surface area contributed by atoms with Crippen molar-refractivity contribution in [2.24, 2.45) is 17.3 Å². The number of likely N-dealkylation sites (tertiary alicyclic amines) is 4. The Balaban J connectivity index is 1.13. The van der Waals surface area contributed by atoms with Crippen LogP contribution in [0.4, 0.5) is 9.59 Å². The minimum Gasteiger partial charge on any atom is -0.453 e. The molecule has 4 atom stereocenters. The Morgan fingerprint density at radius 2 is 0.959 bits per heavy atom. The lowest BCUT2D eigenvalue weighted by Crippen LogP contribution is -2.51. The number of nitrogens with one attached hydrogen (secondary N) is 2. The van der Waals surface area contributed by atoms with Crippen LogP contribution in [0.15, 0.2) is 12.4 Å². The second-order valence-electron chi connectivity index (χ2n) is 23.8. The largest absolute Gasteiger partial charge is 0.453 e. The van der Waals surface area contributed by atoms with E-state index in [1.54, 1.807) is 22.2 Å². The van der Waals surface area contributed by atoms with Crippen LogP contribution in [0.5, 0.6) is 0 Å². The van der Waals surface area contributed by atoms with Crippen molar-refractivity contribution in [3.8, 4) is 0 Å². The first-order valence-electron chi connectivity index (χ1n) is 26.6. The van der Waals surface area contributed by atoms with E-state index in [1.807, 2.05) is 46.6 Å². The molecule has 22 heteroatoms. The number of aromatic nitrogens is 4. The third-order valence-electron chi connectivity index (χ3n) is 15.2. The summed E-state index contributed by atoms with van der Waals surface area (Å²) in [6.07, 6.45) is 8.21. The number of methoxy groups -OCH3 is 2. The van der Waals surface area contributed by atoms with Crippen LogP contribution in [0.3, 0.4) is 0 Å². The van der Waals surface area contributed by atoms with Gasteiger partial charge in [0.2, 0.25) is 11.8 Å². The highest BCUT2D eigenvalue weighted by molar-refractivity contribution is 6.76. The summed E-state index contributed by atoms with van der Waals surface area (Å²) in [6.45, 7) is 26.1. The number of amides is 6. The molecule has 1 spiro atoms. The zero-order chi connectivity index (χ0) is 53.4.